The second-order valence-corrected chi connectivity index (χ2v) is 6.52. The van der Waals surface area contributed by atoms with Gasteiger partial charge in [-0.05, 0) is 42.7 Å². The molecule has 6 heteroatoms. The molecule has 1 aliphatic heterocycles. The average molecular weight is 366 g/mol. The lowest BCUT2D eigenvalue weighted by Gasteiger charge is -2.24. The smallest absolute Gasteiger partial charge is 0.292 e. The summed E-state index contributed by atoms with van der Waals surface area (Å²) in [5, 5.41) is 3.94. The molecule has 4 rings (SSSR count). The zero-order chi connectivity index (χ0) is 18.8. The molecule has 1 atom stereocenters. The van der Waals surface area contributed by atoms with Crippen LogP contribution in [-0.4, -0.2) is 29.6 Å². The second-order valence-electron chi connectivity index (χ2n) is 6.52. The first-order valence-corrected chi connectivity index (χ1v) is 8.83. The van der Waals surface area contributed by atoms with Gasteiger partial charge in [0, 0.05) is 18.2 Å². The Morgan fingerprint density at radius 3 is 2.89 bits per heavy atom. The maximum atomic E-state index is 13.4. The van der Waals surface area contributed by atoms with Crippen LogP contribution in [0.15, 0.2) is 59.1 Å². The Kier molecular flexibility index (Phi) is 4.62. The Bertz CT molecular complexity index is 969. The largest absolute Gasteiger partial charge is 0.497 e. The van der Waals surface area contributed by atoms with E-state index >= 15 is 0 Å². The van der Waals surface area contributed by atoms with E-state index in [1.54, 1.807) is 30.2 Å². The molecule has 0 radical (unpaired) electrons. The first-order valence-electron chi connectivity index (χ1n) is 8.83. The molecule has 1 saturated heterocycles. The van der Waals surface area contributed by atoms with Crippen molar-refractivity contribution in [3.63, 3.8) is 0 Å². The fraction of sp³-hybridized carbons (Fsp3) is 0.238. The van der Waals surface area contributed by atoms with Crippen LogP contribution in [0.4, 0.5) is 4.39 Å². The van der Waals surface area contributed by atoms with E-state index in [0.717, 1.165) is 24.2 Å². The maximum absolute atomic E-state index is 13.4. The Labute approximate surface area is 156 Å². The average Bonchev–Trinajstić information content (AvgIpc) is 3.37. The van der Waals surface area contributed by atoms with Crippen molar-refractivity contribution >= 4 is 5.91 Å². The molecule has 1 amide bonds. The van der Waals surface area contributed by atoms with Gasteiger partial charge in [-0.15, -0.1) is 0 Å². The minimum atomic E-state index is -0.360. The van der Waals surface area contributed by atoms with Crippen LogP contribution in [0.5, 0.6) is 5.75 Å². The number of carbonyl (C=O) groups excluding carboxylic acids is 1. The molecule has 27 heavy (non-hydrogen) atoms. The fourth-order valence-corrected chi connectivity index (χ4v) is 3.51. The summed E-state index contributed by atoms with van der Waals surface area (Å²) in [5.41, 5.74) is 2.05. The molecule has 3 aromatic rings. The number of carbonyl (C=O) groups is 1. The number of nitrogens with zero attached hydrogens (tertiary/aromatic N) is 2. The van der Waals surface area contributed by atoms with Crippen LogP contribution >= 0.6 is 0 Å². The number of hydrogen-bond acceptors (Lipinski definition) is 4. The molecule has 1 fully saturated rings. The normalized spacial score (nSPS) is 16.5. The lowest BCUT2D eigenvalue weighted by atomic mass is 10.0. The van der Waals surface area contributed by atoms with Crippen LogP contribution in [0.2, 0.25) is 0 Å². The van der Waals surface area contributed by atoms with Crippen molar-refractivity contribution < 1.29 is 18.4 Å². The van der Waals surface area contributed by atoms with Crippen molar-refractivity contribution in [3.05, 3.63) is 71.7 Å². The van der Waals surface area contributed by atoms with Gasteiger partial charge in [-0.2, -0.15) is 0 Å². The van der Waals surface area contributed by atoms with Crippen LogP contribution in [-0.2, 0) is 0 Å². The van der Waals surface area contributed by atoms with Crippen molar-refractivity contribution in [3.8, 4) is 17.0 Å². The minimum absolute atomic E-state index is 0.0321. The summed E-state index contributed by atoms with van der Waals surface area (Å²) in [6.45, 7) is 0.650. The molecule has 0 N–H and O–H groups in total. The highest BCUT2D eigenvalue weighted by Gasteiger charge is 2.32. The lowest BCUT2D eigenvalue weighted by Crippen LogP contribution is -2.30. The van der Waals surface area contributed by atoms with Gasteiger partial charge in [0.15, 0.2) is 0 Å². The van der Waals surface area contributed by atoms with Crippen molar-refractivity contribution in [2.24, 2.45) is 0 Å². The van der Waals surface area contributed by atoms with Gasteiger partial charge in [-0.3, -0.25) is 4.79 Å². The molecule has 1 unspecified atom stereocenters. The van der Waals surface area contributed by atoms with Crippen molar-refractivity contribution in [1.82, 2.24) is 10.1 Å². The van der Waals surface area contributed by atoms with Crippen molar-refractivity contribution in [2.45, 2.75) is 18.9 Å². The topological polar surface area (TPSA) is 55.6 Å². The van der Waals surface area contributed by atoms with E-state index < -0.39 is 0 Å². The van der Waals surface area contributed by atoms with Gasteiger partial charge in [0.25, 0.3) is 5.91 Å². The molecule has 0 aliphatic carbocycles. The standard InChI is InChI=1S/C21H19FN2O3/c1-26-17-8-3-6-15(12-17)19-9-4-10-24(19)21(25)20-13-18(23-27-20)14-5-2-7-16(22)11-14/h2-3,5-8,11-13,19H,4,9-10H2,1H3. The third-order valence-electron chi connectivity index (χ3n) is 4.83. The van der Waals surface area contributed by atoms with E-state index in [-0.39, 0.29) is 23.5 Å². The first kappa shape index (κ1) is 17.3. The van der Waals surface area contributed by atoms with Gasteiger partial charge in [0.05, 0.1) is 13.2 Å². The number of hydrogen-bond donors (Lipinski definition) is 0. The zero-order valence-electron chi connectivity index (χ0n) is 14.9. The third kappa shape index (κ3) is 3.43. The summed E-state index contributed by atoms with van der Waals surface area (Å²) in [7, 11) is 1.62. The minimum Gasteiger partial charge on any atom is -0.497 e. The Morgan fingerprint density at radius 1 is 1.22 bits per heavy atom. The third-order valence-corrected chi connectivity index (χ3v) is 4.83. The molecule has 0 bridgehead atoms. The molecule has 1 aromatic heterocycles. The van der Waals surface area contributed by atoms with Crippen LogP contribution in [0.3, 0.4) is 0 Å². The summed E-state index contributed by atoms with van der Waals surface area (Å²) in [4.78, 5) is 14.8. The molecule has 138 valence electrons. The quantitative estimate of drug-likeness (QED) is 0.684. The van der Waals surface area contributed by atoms with Gasteiger partial charge < -0.3 is 14.2 Å². The van der Waals surface area contributed by atoms with Gasteiger partial charge in [0.2, 0.25) is 5.76 Å². The van der Waals surface area contributed by atoms with Crippen LogP contribution < -0.4 is 4.74 Å². The van der Waals surface area contributed by atoms with Crippen LogP contribution in [0.1, 0.15) is 35.0 Å². The Morgan fingerprint density at radius 2 is 2.07 bits per heavy atom. The van der Waals surface area contributed by atoms with E-state index in [9.17, 15) is 9.18 Å². The maximum Gasteiger partial charge on any atom is 0.292 e. The van der Waals surface area contributed by atoms with Gasteiger partial charge in [-0.25, -0.2) is 4.39 Å². The summed E-state index contributed by atoms with van der Waals surface area (Å²) in [6, 6.07) is 15.3. The number of ether oxygens (including phenoxy) is 1. The zero-order valence-corrected chi connectivity index (χ0v) is 14.9. The number of aromatic nitrogens is 1. The number of rotatable bonds is 4. The van der Waals surface area contributed by atoms with Gasteiger partial charge >= 0.3 is 0 Å². The molecular formula is C21H19FN2O3. The molecule has 1 aliphatic rings. The summed E-state index contributed by atoms with van der Waals surface area (Å²) in [5.74, 6) is 0.348. The number of benzene rings is 2. The highest BCUT2D eigenvalue weighted by atomic mass is 19.1. The van der Waals surface area contributed by atoms with Crippen molar-refractivity contribution in [2.75, 3.05) is 13.7 Å². The Hall–Kier alpha value is -3.15. The molecule has 2 heterocycles. The van der Waals surface area contributed by atoms with E-state index in [1.165, 1.54) is 12.1 Å². The summed E-state index contributed by atoms with van der Waals surface area (Å²) < 4.78 is 24.0. The van der Waals surface area contributed by atoms with Gasteiger partial charge in [0.1, 0.15) is 17.3 Å². The predicted octanol–water partition coefficient (Wildman–Crippen LogP) is 4.47. The van der Waals surface area contributed by atoms with E-state index in [4.69, 9.17) is 9.26 Å². The molecular weight excluding hydrogens is 347 g/mol. The Balaban J connectivity index is 1.58. The number of methoxy groups -OCH3 is 1. The fourth-order valence-electron chi connectivity index (χ4n) is 3.51. The molecule has 5 nitrogen and oxygen atoms in total. The molecule has 2 aromatic carbocycles. The molecule has 0 spiro atoms. The highest BCUT2D eigenvalue weighted by Crippen LogP contribution is 2.35. The number of likely N-dealkylation sites (tertiary alicyclic amines) is 1. The van der Waals surface area contributed by atoms with Crippen LogP contribution in [0, 0.1) is 5.82 Å². The predicted molar refractivity (Wildman–Crippen MR) is 97.9 cm³/mol. The monoisotopic (exact) mass is 366 g/mol. The van der Waals surface area contributed by atoms with E-state index in [1.807, 2.05) is 24.3 Å². The van der Waals surface area contributed by atoms with Gasteiger partial charge in [-0.1, -0.05) is 29.4 Å². The second kappa shape index (κ2) is 7.23. The lowest BCUT2D eigenvalue weighted by molar-refractivity contribution is 0.0693. The summed E-state index contributed by atoms with van der Waals surface area (Å²) >= 11 is 0. The van der Waals surface area contributed by atoms with E-state index in [2.05, 4.69) is 5.16 Å². The molecule has 0 saturated carbocycles. The van der Waals surface area contributed by atoms with Crippen LogP contribution in [0.25, 0.3) is 11.3 Å². The first-order chi connectivity index (χ1) is 13.2. The number of amides is 1. The van der Waals surface area contributed by atoms with Crippen molar-refractivity contribution in [1.29, 1.82) is 0 Å². The number of halogens is 1. The highest BCUT2D eigenvalue weighted by molar-refractivity contribution is 5.93. The van der Waals surface area contributed by atoms with E-state index in [0.29, 0.717) is 17.8 Å². The SMILES string of the molecule is COc1cccc(C2CCCN2C(=O)c2cc(-c3cccc(F)c3)no2)c1. The summed E-state index contributed by atoms with van der Waals surface area (Å²) in [6.07, 6.45) is 1.79.